The minimum Gasteiger partial charge on any atom is -0.271 e. The second-order valence-corrected chi connectivity index (χ2v) is 7.51. The van der Waals surface area contributed by atoms with Gasteiger partial charge < -0.3 is 0 Å². The quantitative estimate of drug-likeness (QED) is 0.675. The molecule has 0 saturated heterocycles. The van der Waals surface area contributed by atoms with Crippen molar-refractivity contribution in [3.05, 3.63) is 31.9 Å². The third-order valence-electron chi connectivity index (χ3n) is 2.53. The minimum absolute atomic E-state index is 0.0571. The maximum Gasteiger partial charge on any atom is 0.0931 e. The van der Waals surface area contributed by atoms with E-state index in [4.69, 9.17) is 17.4 Å². The smallest absolute Gasteiger partial charge is 0.0931 e. The maximum atomic E-state index is 5.97. The van der Waals surface area contributed by atoms with E-state index in [1.54, 1.807) is 0 Å². The highest BCUT2D eigenvalue weighted by Gasteiger charge is 2.28. The van der Waals surface area contributed by atoms with Gasteiger partial charge in [0.25, 0.3) is 0 Å². The van der Waals surface area contributed by atoms with Crippen LogP contribution in [0, 0.1) is 0 Å². The number of hydrazine groups is 1. The Morgan fingerprint density at radius 1 is 1.39 bits per heavy atom. The summed E-state index contributed by atoms with van der Waals surface area (Å²) in [5, 5.41) is 4.23. The van der Waals surface area contributed by atoms with Crippen LogP contribution in [0.4, 0.5) is 0 Å². The second kappa shape index (κ2) is 5.22. The number of hydrogen-bond acceptors (Lipinski definition) is 6. The van der Waals surface area contributed by atoms with Gasteiger partial charge in [-0.15, -0.1) is 16.4 Å². The largest absolute Gasteiger partial charge is 0.271 e. The molecule has 0 saturated carbocycles. The molecule has 2 aromatic rings. The Bertz CT molecular complexity index is 529. The van der Waals surface area contributed by atoms with Crippen molar-refractivity contribution >= 4 is 34.5 Å². The summed E-state index contributed by atoms with van der Waals surface area (Å²) >= 11 is 8.86. The molecule has 0 aliphatic rings. The lowest BCUT2D eigenvalue weighted by atomic mass is 9.90. The number of nitrogens with two attached hydrogens (primary N) is 1. The van der Waals surface area contributed by atoms with Crippen LogP contribution in [0.3, 0.4) is 0 Å². The van der Waals surface area contributed by atoms with Crippen LogP contribution in [0.5, 0.6) is 0 Å². The zero-order valence-corrected chi connectivity index (χ0v) is 12.8. The van der Waals surface area contributed by atoms with Gasteiger partial charge in [-0.1, -0.05) is 36.9 Å². The first-order valence-corrected chi connectivity index (χ1v) is 7.44. The van der Waals surface area contributed by atoms with Crippen molar-refractivity contribution < 1.29 is 0 Å². The Kier molecular flexibility index (Phi) is 4.03. The van der Waals surface area contributed by atoms with Gasteiger partial charge in [-0.05, 0) is 23.7 Å². The minimum atomic E-state index is -0.100. The predicted molar refractivity (Wildman–Crippen MR) is 77.1 cm³/mol. The van der Waals surface area contributed by atoms with Crippen LogP contribution in [0.1, 0.15) is 42.3 Å². The van der Waals surface area contributed by atoms with Gasteiger partial charge in [-0.25, -0.2) is 5.43 Å². The van der Waals surface area contributed by atoms with Crippen molar-refractivity contribution in [3.63, 3.8) is 0 Å². The SMILES string of the molecule is CC(C)(C)c1nnsc1C(NN)c1ccc(Cl)s1. The summed E-state index contributed by atoms with van der Waals surface area (Å²) in [5.41, 5.74) is 3.74. The van der Waals surface area contributed by atoms with Crippen LogP contribution in [-0.4, -0.2) is 9.59 Å². The molecule has 0 aromatic carbocycles. The van der Waals surface area contributed by atoms with E-state index >= 15 is 0 Å². The zero-order chi connectivity index (χ0) is 13.3. The van der Waals surface area contributed by atoms with Gasteiger partial charge in [-0.3, -0.25) is 5.84 Å². The second-order valence-electron chi connectivity index (χ2n) is 4.98. The maximum absolute atomic E-state index is 5.97. The van der Waals surface area contributed by atoms with Gasteiger partial charge in [0.15, 0.2) is 0 Å². The summed E-state index contributed by atoms with van der Waals surface area (Å²) in [6.45, 7) is 6.34. The molecular formula is C11H15ClN4S2. The van der Waals surface area contributed by atoms with Crippen LogP contribution < -0.4 is 11.3 Å². The van der Waals surface area contributed by atoms with E-state index in [2.05, 4.69) is 35.8 Å². The third kappa shape index (κ3) is 2.73. The van der Waals surface area contributed by atoms with Crippen molar-refractivity contribution in [1.29, 1.82) is 0 Å². The van der Waals surface area contributed by atoms with Crippen LogP contribution in [0.25, 0.3) is 0 Å². The van der Waals surface area contributed by atoms with E-state index in [9.17, 15) is 0 Å². The van der Waals surface area contributed by atoms with E-state index in [0.29, 0.717) is 0 Å². The lowest BCUT2D eigenvalue weighted by Gasteiger charge is -2.20. The molecular weight excluding hydrogens is 288 g/mol. The number of thiophene rings is 1. The first kappa shape index (κ1) is 13.9. The monoisotopic (exact) mass is 302 g/mol. The molecule has 3 N–H and O–H groups in total. The first-order valence-electron chi connectivity index (χ1n) is 5.47. The third-order valence-corrected chi connectivity index (χ3v) is 4.62. The van der Waals surface area contributed by atoms with Gasteiger partial charge in [-0.2, -0.15) is 0 Å². The number of halogens is 1. The van der Waals surface area contributed by atoms with E-state index in [-0.39, 0.29) is 11.5 Å². The molecule has 0 aliphatic heterocycles. The highest BCUT2D eigenvalue weighted by molar-refractivity contribution is 7.16. The standard InChI is InChI=1S/C11H15ClN4S2/c1-11(2,3)10-9(18-16-15-10)8(14-13)6-4-5-7(12)17-6/h4-5,8,14H,13H2,1-3H3. The van der Waals surface area contributed by atoms with E-state index in [0.717, 1.165) is 19.8 Å². The summed E-state index contributed by atoms with van der Waals surface area (Å²) < 4.78 is 4.81. The van der Waals surface area contributed by atoms with Crippen LogP contribution in [-0.2, 0) is 5.41 Å². The van der Waals surface area contributed by atoms with Gasteiger partial charge >= 0.3 is 0 Å². The summed E-state index contributed by atoms with van der Waals surface area (Å²) in [6.07, 6.45) is 0. The lowest BCUT2D eigenvalue weighted by Crippen LogP contribution is -2.29. The van der Waals surface area contributed by atoms with Crippen LogP contribution in [0.2, 0.25) is 4.34 Å². The fraction of sp³-hybridized carbons (Fsp3) is 0.455. The van der Waals surface area contributed by atoms with Gasteiger partial charge in [0.2, 0.25) is 0 Å². The predicted octanol–water partition coefficient (Wildman–Crippen LogP) is 3.10. The number of nitrogens with one attached hydrogen (secondary N) is 1. The number of nitrogens with zero attached hydrogens (tertiary/aromatic N) is 2. The summed E-state index contributed by atoms with van der Waals surface area (Å²) in [4.78, 5) is 2.11. The molecule has 0 spiro atoms. The summed E-state index contributed by atoms with van der Waals surface area (Å²) in [7, 11) is 0. The Hall–Kier alpha value is -0.530. The number of hydrogen-bond donors (Lipinski definition) is 2. The highest BCUT2D eigenvalue weighted by Crippen LogP contribution is 2.36. The Balaban J connectivity index is 2.43. The average Bonchev–Trinajstić information content (AvgIpc) is 2.88. The van der Waals surface area contributed by atoms with Crippen LogP contribution >= 0.6 is 34.5 Å². The topological polar surface area (TPSA) is 63.8 Å². The van der Waals surface area contributed by atoms with E-state index in [1.807, 2.05) is 12.1 Å². The molecule has 0 radical (unpaired) electrons. The van der Waals surface area contributed by atoms with Crippen molar-refractivity contribution in [1.82, 2.24) is 15.0 Å². The van der Waals surface area contributed by atoms with Gasteiger partial charge in [0.05, 0.1) is 20.9 Å². The molecule has 0 bridgehead atoms. The molecule has 0 aliphatic carbocycles. The Morgan fingerprint density at radius 2 is 2.11 bits per heavy atom. The Morgan fingerprint density at radius 3 is 2.61 bits per heavy atom. The molecule has 18 heavy (non-hydrogen) atoms. The fourth-order valence-corrected chi connectivity index (χ4v) is 3.83. The van der Waals surface area contributed by atoms with Gasteiger partial charge in [0, 0.05) is 10.3 Å². The number of aromatic nitrogens is 2. The Labute approximate surface area is 119 Å². The molecule has 1 unspecified atom stereocenters. The zero-order valence-electron chi connectivity index (χ0n) is 10.4. The number of rotatable bonds is 3. The van der Waals surface area contributed by atoms with Crippen molar-refractivity contribution in [2.75, 3.05) is 0 Å². The van der Waals surface area contributed by atoms with Crippen molar-refractivity contribution in [2.45, 2.75) is 32.2 Å². The molecule has 0 amide bonds. The summed E-state index contributed by atoms with van der Waals surface area (Å²) in [6, 6.07) is 3.75. The molecule has 0 fully saturated rings. The fourth-order valence-electron chi connectivity index (χ4n) is 1.68. The molecule has 98 valence electrons. The molecule has 2 aromatic heterocycles. The lowest BCUT2D eigenvalue weighted by molar-refractivity contribution is 0.545. The molecule has 1 atom stereocenters. The van der Waals surface area contributed by atoms with Gasteiger partial charge in [0.1, 0.15) is 0 Å². The van der Waals surface area contributed by atoms with E-state index in [1.165, 1.54) is 22.9 Å². The molecule has 4 nitrogen and oxygen atoms in total. The van der Waals surface area contributed by atoms with E-state index < -0.39 is 0 Å². The molecule has 7 heteroatoms. The molecule has 2 heterocycles. The van der Waals surface area contributed by atoms with Crippen LogP contribution in [0.15, 0.2) is 12.1 Å². The molecule has 2 rings (SSSR count). The normalized spacial score (nSPS) is 13.8. The van der Waals surface area contributed by atoms with Crippen molar-refractivity contribution in [3.8, 4) is 0 Å². The average molecular weight is 303 g/mol. The first-order chi connectivity index (χ1) is 8.43. The summed E-state index contributed by atoms with van der Waals surface area (Å²) in [5.74, 6) is 5.68. The highest BCUT2D eigenvalue weighted by atomic mass is 35.5. The van der Waals surface area contributed by atoms with Crippen molar-refractivity contribution in [2.24, 2.45) is 5.84 Å².